The van der Waals surface area contributed by atoms with Gasteiger partial charge in [-0.15, -0.1) is 0 Å². The Bertz CT molecular complexity index is 550. The largest absolute Gasteiger partial charge is 0.481 e. The average molecular weight is 317 g/mol. The summed E-state index contributed by atoms with van der Waals surface area (Å²) < 4.78 is 0. The molecule has 1 amide bonds. The third-order valence-electron chi connectivity index (χ3n) is 4.60. The highest BCUT2D eigenvalue weighted by atomic mass is 16.4. The predicted molar refractivity (Wildman–Crippen MR) is 90.2 cm³/mol. The van der Waals surface area contributed by atoms with Crippen LogP contribution in [0, 0.1) is 17.8 Å². The molecule has 2 unspecified atom stereocenters. The molecule has 0 aromatic heterocycles. The van der Waals surface area contributed by atoms with Crippen LogP contribution in [0.4, 0.5) is 0 Å². The molecule has 1 aliphatic heterocycles. The number of hydrogen-bond donors (Lipinski definition) is 1. The van der Waals surface area contributed by atoms with E-state index >= 15 is 0 Å². The van der Waals surface area contributed by atoms with Crippen LogP contribution in [0.3, 0.4) is 0 Å². The van der Waals surface area contributed by atoms with Crippen molar-refractivity contribution in [2.75, 3.05) is 13.1 Å². The van der Waals surface area contributed by atoms with Gasteiger partial charge in [0.1, 0.15) is 0 Å². The zero-order chi connectivity index (χ0) is 17.0. The van der Waals surface area contributed by atoms with Crippen molar-refractivity contribution in [3.8, 4) is 0 Å². The standard InChI is InChI=1S/C19H27NO3/c1-13(2)10-15-4-6-16(7-5-15)11-18(21)20-9-8-17(19(22)23)14(3)12-20/h4-7,13-14,17H,8-12H2,1-3H3,(H,22,23). The summed E-state index contributed by atoms with van der Waals surface area (Å²) >= 11 is 0. The van der Waals surface area contributed by atoms with E-state index in [4.69, 9.17) is 5.11 Å². The molecular weight excluding hydrogens is 290 g/mol. The number of aliphatic carboxylic acids is 1. The number of piperidine rings is 1. The van der Waals surface area contributed by atoms with Gasteiger partial charge in [0.2, 0.25) is 5.91 Å². The van der Waals surface area contributed by atoms with Crippen LogP contribution in [0.15, 0.2) is 24.3 Å². The molecule has 1 heterocycles. The predicted octanol–water partition coefficient (Wildman–Crippen LogP) is 3.00. The number of carbonyl (C=O) groups is 2. The molecule has 126 valence electrons. The van der Waals surface area contributed by atoms with Gasteiger partial charge in [-0.25, -0.2) is 0 Å². The van der Waals surface area contributed by atoms with Crippen LogP contribution in [0.5, 0.6) is 0 Å². The molecule has 23 heavy (non-hydrogen) atoms. The maximum Gasteiger partial charge on any atom is 0.306 e. The topological polar surface area (TPSA) is 57.6 Å². The minimum Gasteiger partial charge on any atom is -0.481 e. The monoisotopic (exact) mass is 317 g/mol. The van der Waals surface area contributed by atoms with Gasteiger partial charge in [0, 0.05) is 13.1 Å². The van der Waals surface area contributed by atoms with E-state index in [-0.39, 0.29) is 17.7 Å². The van der Waals surface area contributed by atoms with E-state index in [0.29, 0.717) is 31.8 Å². The molecule has 1 aromatic rings. The second-order valence-corrected chi connectivity index (χ2v) is 7.14. The average Bonchev–Trinajstić information content (AvgIpc) is 2.48. The highest BCUT2D eigenvalue weighted by Crippen LogP contribution is 2.24. The quantitative estimate of drug-likeness (QED) is 0.908. The Labute approximate surface area is 138 Å². The van der Waals surface area contributed by atoms with Gasteiger partial charge in [0.25, 0.3) is 0 Å². The SMILES string of the molecule is CC(C)Cc1ccc(CC(=O)N2CCC(C(=O)O)C(C)C2)cc1. The van der Waals surface area contributed by atoms with Crippen LogP contribution in [0.1, 0.15) is 38.3 Å². The zero-order valence-electron chi connectivity index (χ0n) is 14.3. The Morgan fingerprint density at radius 1 is 1.22 bits per heavy atom. The summed E-state index contributed by atoms with van der Waals surface area (Å²) in [7, 11) is 0. The fourth-order valence-corrected chi connectivity index (χ4v) is 3.29. The van der Waals surface area contributed by atoms with E-state index in [9.17, 15) is 9.59 Å². The molecular formula is C19H27NO3. The molecule has 4 heteroatoms. The van der Waals surface area contributed by atoms with E-state index in [1.165, 1.54) is 5.56 Å². The van der Waals surface area contributed by atoms with Crippen LogP contribution in [0.25, 0.3) is 0 Å². The number of benzene rings is 1. The van der Waals surface area contributed by atoms with Crippen molar-refractivity contribution in [2.45, 2.75) is 40.0 Å². The summed E-state index contributed by atoms with van der Waals surface area (Å²) in [5, 5.41) is 9.15. The van der Waals surface area contributed by atoms with Gasteiger partial charge >= 0.3 is 5.97 Å². The Hall–Kier alpha value is -1.84. The summed E-state index contributed by atoms with van der Waals surface area (Å²) in [5.74, 6) is -0.338. The van der Waals surface area contributed by atoms with Crippen LogP contribution in [0.2, 0.25) is 0 Å². The molecule has 2 atom stereocenters. The number of nitrogens with zero attached hydrogens (tertiary/aromatic N) is 1. The highest BCUT2D eigenvalue weighted by molar-refractivity contribution is 5.79. The number of amides is 1. The fraction of sp³-hybridized carbons (Fsp3) is 0.579. The summed E-state index contributed by atoms with van der Waals surface area (Å²) in [5.41, 5.74) is 2.32. The van der Waals surface area contributed by atoms with E-state index in [0.717, 1.165) is 12.0 Å². The third kappa shape index (κ3) is 4.81. The molecule has 1 aliphatic rings. The van der Waals surface area contributed by atoms with Crippen LogP contribution < -0.4 is 0 Å². The Morgan fingerprint density at radius 2 is 1.83 bits per heavy atom. The number of carboxylic acids is 1. The van der Waals surface area contributed by atoms with Gasteiger partial charge in [-0.2, -0.15) is 0 Å². The molecule has 4 nitrogen and oxygen atoms in total. The number of rotatable bonds is 5. The highest BCUT2D eigenvalue weighted by Gasteiger charge is 2.32. The van der Waals surface area contributed by atoms with Gasteiger partial charge in [0.05, 0.1) is 12.3 Å². The minimum absolute atomic E-state index is 0.0126. The van der Waals surface area contributed by atoms with E-state index in [1.54, 1.807) is 0 Å². The van der Waals surface area contributed by atoms with Gasteiger partial charge in [-0.3, -0.25) is 9.59 Å². The van der Waals surface area contributed by atoms with E-state index in [1.807, 2.05) is 24.0 Å². The molecule has 0 aliphatic carbocycles. The van der Waals surface area contributed by atoms with Crippen molar-refractivity contribution in [3.05, 3.63) is 35.4 Å². The first-order valence-electron chi connectivity index (χ1n) is 8.45. The third-order valence-corrected chi connectivity index (χ3v) is 4.60. The van der Waals surface area contributed by atoms with Gasteiger partial charge in [-0.05, 0) is 35.8 Å². The number of carboxylic acid groups (broad SMARTS) is 1. The molecule has 1 N–H and O–H groups in total. The molecule has 0 bridgehead atoms. The van der Waals surface area contributed by atoms with Crippen molar-refractivity contribution >= 4 is 11.9 Å². The lowest BCUT2D eigenvalue weighted by atomic mass is 9.87. The summed E-state index contributed by atoms with van der Waals surface area (Å²) in [6.07, 6.45) is 2.00. The summed E-state index contributed by atoms with van der Waals surface area (Å²) in [6, 6.07) is 8.26. The van der Waals surface area contributed by atoms with E-state index < -0.39 is 5.97 Å². The van der Waals surface area contributed by atoms with Crippen molar-refractivity contribution in [1.82, 2.24) is 4.90 Å². The molecule has 0 radical (unpaired) electrons. The van der Waals surface area contributed by atoms with Crippen LogP contribution >= 0.6 is 0 Å². The molecule has 0 saturated carbocycles. The smallest absolute Gasteiger partial charge is 0.306 e. The summed E-state index contributed by atoms with van der Waals surface area (Å²) in [4.78, 5) is 25.4. The first-order chi connectivity index (χ1) is 10.9. The van der Waals surface area contributed by atoms with Crippen molar-refractivity contribution < 1.29 is 14.7 Å². The Balaban J connectivity index is 1.91. The minimum atomic E-state index is -0.745. The van der Waals surface area contributed by atoms with Crippen LogP contribution in [-0.2, 0) is 22.4 Å². The van der Waals surface area contributed by atoms with Gasteiger partial charge in [0.15, 0.2) is 0 Å². The van der Waals surface area contributed by atoms with Gasteiger partial charge < -0.3 is 10.0 Å². The van der Waals surface area contributed by atoms with Gasteiger partial charge in [-0.1, -0.05) is 45.0 Å². The normalized spacial score (nSPS) is 21.5. The summed E-state index contributed by atoms with van der Waals surface area (Å²) in [6.45, 7) is 7.39. The van der Waals surface area contributed by atoms with Crippen molar-refractivity contribution in [3.63, 3.8) is 0 Å². The Kier molecular flexibility index (Phi) is 5.80. The lowest BCUT2D eigenvalue weighted by Gasteiger charge is -2.35. The Morgan fingerprint density at radius 3 is 2.35 bits per heavy atom. The first-order valence-corrected chi connectivity index (χ1v) is 8.45. The maximum absolute atomic E-state index is 12.4. The van der Waals surface area contributed by atoms with E-state index in [2.05, 4.69) is 26.0 Å². The molecule has 0 spiro atoms. The lowest BCUT2D eigenvalue weighted by Crippen LogP contribution is -2.45. The van der Waals surface area contributed by atoms with Crippen molar-refractivity contribution in [1.29, 1.82) is 0 Å². The van der Waals surface area contributed by atoms with Crippen molar-refractivity contribution in [2.24, 2.45) is 17.8 Å². The number of hydrogen-bond acceptors (Lipinski definition) is 2. The number of carbonyl (C=O) groups excluding carboxylic acids is 1. The maximum atomic E-state index is 12.4. The number of likely N-dealkylation sites (tertiary alicyclic amines) is 1. The second-order valence-electron chi connectivity index (χ2n) is 7.14. The molecule has 1 aromatic carbocycles. The second kappa shape index (κ2) is 7.62. The molecule has 1 saturated heterocycles. The fourth-order valence-electron chi connectivity index (χ4n) is 3.29. The lowest BCUT2D eigenvalue weighted by molar-refractivity contribution is -0.148. The van der Waals surface area contributed by atoms with Crippen LogP contribution in [-0.4, -0.2) is 35.0 Å². The molecule has 2 rings (SSSR count). The molecule has 1 fully saturated rings. The first kappa shape index (κ1) is 17.5. The zero-order valence-corrected chi connectivity index (χ0v) is 14.3.